The maximum atomic E-state index is 12.3. The van der Waals surface area contributed by atoms with Crippen molar-refractivity contribution in [2.24, 2.45) is 4.99 Å². The van der Waals surface area contributed by atoms with Crippen LogP contribution in [0.1, 0.15) is 56.7 Å². The van der Waals surface area contributed by atoms with Crippen LogP contribution in [-0.2, 0) is 11.2 Å². The number of unbranched alkanes of at least 4 members (excludes halogenated alkanes) is 1. The molecule has 0 fully saturated rings. The Hall–Kier alpha value is -2.36. The predicted molar refractivity (Wildman–Crippen MR) is 107 cm³/mol. The molecule has 0 aliphatic heterocycles. The number of aliphatic hydroxyl groups excluding tert-OH is 1. The van der Waals surface area contributed by atoms with Crippen molar-refractivity contribution in [1.29, 1.82) is 0 Å². The Balaban J connectivity index is 1.82. The molecule has 0 saturated carbocycles. The SMILES string of the molecule is CCCCC(=NCCc1c(C)[nH]c2ccccc12)C1=C(O)CCCC1=O. The number of aryl methyl sites for hydroxylation is 1. The molecule has 3 rings (SSSR count). The molecule has 138 valence electrons. The van der Waals surface area contributed by atoms with Gasteiger partial charge < -0.3 is 10.1 Å². The molecule has 0 spiro atoms. The number of hydrogen-bond donors (Lipinski definition) is 2. The zero-order valence-electron chi connectivity index (χ0n) is 15.8. The number of benzene rings is 1. The van der Waals surface area contributed by atoms with E-state index >= 15 is 0 Å². The molecule has 0 unspecified atom stereocenters. The van der Waals surface area contributed by atoms with Gasteiger partial charge in [0.05, 0.1) is 5.57 Å². The highest BCUT2D eigenvalue weighted by Crippen LogP contribution is 2.25. The average Bonchev–Trinajstić information content (AvgIpc) is 2.94. The topological polar surface area (TPSA) is 65.4 Å². The van der Waals surface area contributed by atoms with Crippen molar-refractivity contribution in [3.05, 3.63) is 46.9 Å². The molecule has 1 heterocycles. The van der Waals surface area contributed by atoms with Crippen LogP contribution < -0.4 is 0 Å². The summed E-state index contributed by atoms with van der Waals surface area (Å²) in [6.07, 6.45) is 5.46. The number of aliphatic imine (C=N–C) groups is 1. The Morgan fingerprint density at radius 3 is 2.85 bits per heavy atom. The maximum absolute atomic E-state index is 12.3. The Morgan fingerprint density at radius 2 is 2.08 bits per heavy atom. The summed E-state index contributed by atoms with van der Waals surface area (Å²) in [7, 11) is 0. The number of fused-ring (bicyclic) bond motifs is 1. The van der Waals surface area contributed by atoms with Gasteiger partial charge in [-0.1, -0.05) is 31.5 Å². The summed E-state index contributed by atoms with van der Waals surface area (Å²) in [5, 5.41) is 11.5. The van der Waals surface area contributed by atoms with Crippen molar-refractivity contribution in [2.75, 3.05) is 6.54 Å². The minimum absolute atomic E-state index is 0.0480. The van der Waals surface area contributed by atoms with Gasteiger partial charge in [-0.15, -0.1) is 0 Å². The highest BCUT2D eigenvalue weighted by Gasteiger charge is 2.24. The van der Waals surface area contributed by atoms with Gasteiger partial charge in [0.15, 0.2) is 5.78 Å². The number of H-pyrrole nitrogens is 1. The number of nitrogens with zero attached hydrogens (tertiary/aromatic N) is 1. The van der Waals surface area contributed by atoms with Crippen LogP contribution in [0.25, 0.3) is 10.9 Å². The number of hydrogen-bond acceptors (Lipinski definition) is 3. The number of rotatable bonds is 7. The minimum Gasteiger partial charge on any atom is -0.511 e. The van der Waals surface area contributed by atoms with Crippen LogP contribution in [0.4, 0.5) is 0 Å². The molecule has 2 aromatic rings. The molecule has 1 aromatic heterocycles. The fraction of sp³-hybridized carbons (Fsp3) is 0.455. The summed E-state index contributed by atoms with van der Waals surface area (Å²) < 4.78 is 0. The molecule has 0 atom stereocenters. The Kier molecular flexibility index (Phi) is 5.92. The molecular formula is C22H28N2O2. The van der Waals surface area contributed by atoms with E-state index in [1.807, 2.05) is 6.07 Å². The predicted octanol–water partition coefficient (Wildman–Crippen LogP) is 5.22. The lowest BCUT2D eigenvalue weighted by atomic mass is 9.90. The molecule has 4 nitrogen and oxygen atoms in total. The third kappa shape index (κ3) is 3.90. The quantitative estimate of drug-likeness (QED) is 0.671. The van der Waals surface area contributed by atoms with E-state index < -0.39 is 0 Å². The second kappa shape index (κ2) is 8.35. The fourth-order valence-corrected chi connectivity index (χ4v) is 3.74. The number of carbonyl (C=O) groups excluding carboxylic acids is 1. The van der Waals surface area contributed by atoms with Gasteiger partial charge in [-0.05, 0) is 44.2 Å². The first-order chi connectivity index (χ1) is 12.6. The van der Waals surface area contributed by atoms with E-state index in [1.54, 1.807) is 0 Å². The molecule has 2 N–H and O–H groups in total. The van der Waals surface area contributed by atoms with Gasteiger partial charge in [0.1, 0.15) is 5.76 Å². The van der Waals surface area contributed by atoms with E-state index in [1.165, 1.54) is 16.6 Å². The van der Waals surface area contributed by atoms with Crippen LogP contribution in [0.3, 0.4) is 0 Å². The van der Waals surface area contributed by atoms with Crippen molar-refractivity contribution in [2.45, 2.75) is 58.8 Å². The van der Waals surface area contributed by atoms with Crippen LogP contribution >= 0.6 is 0 Å². The first kappa shape index (κ1) is 18.4. The molecule has 0 bridgehead atoms. The second-order valence-electron chi connectivity index (χ2n) is 7.05. The molecule has 4 heteroatoms. The summed E-state index contributed by atoms with van der Waals surface area (Å²) in [5.74, 6) is 0.284. The molecule has 0 amide bonds. The first-order valence-corrected chi connectivity index (χ1v) is 9.67. The van der Waals surface area contributed by atoms with Gasteiger partial charge in [0, 0.05) is 41.7 Å². The van der Waals surface area contributed by atoms with Gasteiger partial charge >= 0.3 is 0 Å². The Bertz CT molecular complexity index is 858. The number of aliphatic hydroxyl groups is 1. The number of Topliss-reactive ketones (excluding diaryl/α,β-unsaturated/α-hetero) is 1. The van der Waals surface area contributed by atoms with Crippen molar-refractivity contribution in [1.82, 2.24) is 4.98 Å². The highest BCUT2D eigenvalue weighted by atomic mass is 16.3. The fourth-order valence-electron chi connectivity index (χ4n) is 3.74. The van der Waals surface area contributed by atoms with E-state index in [2.05, 4.69) is 37.0 Å². The van der Waals surface area contributed by atoms with Gasteiger partial charge in [0.25, 0.3) is 0 Å². The van der Waals surface area contributed by atoms with E-state index in [0.29, 0.717) is 25.0 Å². The minimum atomic E-state index is 0.0480. The number of aromatic amines is 1. The third-order valence-electron chi connectivity index (χ3n) is 5.13. The summed E-state index contributed by atoms with van der Waals surface area (Å²) in [6.45, 7) is 4.85. The van der Waals surface area contributed by atoms with E-state index in [0.717, 1.165) is 43.3 Å². The first-order valence-electron chi connectivity index (χ1n) is 9.67. The van der Waals surface area contributed by atoms with Crippen LogP contribution in [0, 0.1) is 6.92 Å². The molecular weight excluding hydrogens is 324 g/mol. The normalized spacial score (nSPS) is 15.9. The lowest BCUT2D eigenvalue weighted by Gasteiger charge is -2.17. The zero-order chi connectivity index (χ0) is 18.5. The van der Waals surface area contributed by atoms with Crippen molar-refractivity contribution >= 4 is 22.4 Å². The average molecular weight is 352 g/mol. The number of aromatic nitrogens is 1. The summed E-state index contributed by atoms with van der Waals surface area (Å²) >= 11 is 0. The molecule has 26 heavy (non-hydrogen) atoms. The molecule has 0 saturated heterocycles. The summed E-state index contributed by atoms with van der Waals surface area (Å²) in [4.78, 5) is 20.5. The third-order valence-corrected chi connectivity index (χ3v) is 5.13. The van der Waals surface area contributed by atoms with Gasteiger partial charge in [0.2, 0.25) is 0 Å². The Morgan fingerprint density at radius 1 is 1.27 bits per heavy atom. The zero-order valence-corrected chi connectivity index (χ0v) is 15.8. The number of allylic oxidation sites excluding steroid dienone is 2. The van der Waals surface area contributed by atoms with Gasteiger partial charge in [-0.25, -0.2) is 0 Å². The van der Waals surface area contributed by atoms with Gasteiger partial charge in [-0.3, -0.25) is 9.79 Å². The van der Waals surface area contributed by atoms with E-state index in [9.17, 15) is 9.90 Å². The van der Waals surface area contributed by atoms with Crippen molar-refractivity contribution in [3.8, 4) is 0 Å². The van der Waals surface area contributed by atoms with Crippen LogP contribution in [0.5, 0.6) is 0 Å². The number of carbonyl (C=O) groups is 1. The maximum Gasteiger partial charge on any atom is 0.168 e. The van der Waals surface area contributed by atoms with Crippen molar-refractivity contribution in [3.63, 3.8) is 0 Å². The summed E-state index contributed by atoms with van der Waals surface area (Å²) in [5.41, 5.74) is 4.91. The molecule has 1 aliphatic carbocycles. The lowest BCUT2D eigenvalue weighted by Crippen LogP contribution is -2.20. The van der Waals surface area contributed by atoms with E-state index in [-0.39, 0.29) is 11.5 Å². The second-order valence-corrected chi connectivity index (χ2v) is 7.05. The number of ketones is 1. The number of para-hydroxylation sites is 1. The monoisotopic (exact) mass is 352 g/mol. The largest absolute Gasteiger partial charge is 0.511 e. The molecule has 1 aliphatic rings. The molecule has 1 aromatic carbocycles. The van der Waals surface area contributed by atoms with Crippen molar-refractivity contribution < 1.29 is 9.90 Å². The van der Waals surface area contributed by atoms with Gasteiger partial charge in [-0.2, -0.15) is 0 Å². The van der Waals surface area contributed by atoms with Crippen LogP contribution in [0.15, 0.2) is 40.6 Å². The molecule has 0 radical (unpaired) electrons. The van der Waals surface area contributed by atoms with Crippen LogP contribution in [0.2, 0.25) is 0 Å². The van der Waals surface area contributed by atoms with Crippen LogP contribution in [-0.4, -0.2) is 28.1 Å². The standard InChI is InChI=1S/C22H28N2O2/c1-3-4-9-19(22-20(25)11-7-12-21(22)26)23-14-13-16-15(2)24-18-10-6-5-8-17(16)18/h5-6,8,10,24-25H,3-4,7,9,11-14H2,1-2H3. The number of nitrogens with one attached hydrogen (secondary N) is 1. The highest BCUT2D eigenvalue weighted by molar-refractivity contribution is 6.23. The Labute approximate surface area is 155 Å². The lowest BCUT2D eigenvalue weighted by molar-refractivity contribution is -0.115. The summed E-state index contributed by atoms with van der Waals surface area (Å²) in [6, 6.07) is 8.31. The van der Waals surface area contributed by atoms with E-state index in [4.69, 9.17) is 4.99 Å². The smallest absolute Gasteiger partial charge is 0.168 e.